The molecule has 1 saturated heterocycles. The number of anilines is 1. The molecule has 2 nitrogen and oxygen atoms in total. The first kappa shape index (κ1) is 12.5. The lowest BCUT2D eigenvalue weighted by molar-refractivity contribution is 0.529. The van der Waals surface area contributed by atoms with Crippen LogP contribution in [0.3, 0.4) is 0 Å². The maximum Gasteiger partial charge on any atom is 0.0446 e. The standard InChI is InChI=1S/C17H22N2/c1-2-15-13-19(12-6-11-18-15)17-10-5-8-14-7-3-4-9-16(14)17/h3-5,7-10,15,18H,2,6,11-13H2,1H3. The van der Waals surface area contributed by atoms with Gasteiger partial charge in [-0.1, -0.05) is 43.3 Å². The van der Waals surface area contributed by atoms with Crippen molar-refractivity contribution in [2.75, 3.05) is 24.5 Å². The predicted octanol–water partition coefficient (Wildman–Crippen LogP) is 3.42. The van der Waals surface area contributed by atoms with Crippen LogP contribution in [0.25, 0.3) is 10.8 Å². The summed E-state index contributed by atoms with van der Waals surface area (Å²) in [5.74, 6) is 0. The Morgan fingerprint density at radius 3 is 2.89 bits per heavy atom. The second-order valence-corrected chi connectivity index (χ2v) is 5.36. The highest BCUT2D eigenvalue weighted by molar-refractivity contribution is 5.94. The highest BCUT2D eigenvalue weighted by Crippen LogP contribution is 2.27. The van der Waals surface area contributed by atoms with Gasteiger partial charge in [0.2, 0.25) is 0 Å². The predicted molar refractivity (Wildman–Crippen MR) is 82.9 cm³/mol. The van der Waals surface area contributed by atoms with Crippen LogP contribution in [0.4, 0.5) is 5.69 Å². The number of rotatable bonds is 2. The number of fused-ring (bicyclic) bond motifs is 1. The van der Waals surface area contributed by atoms with Gasteiger partial charge in [-0.2, -0.15) is 0 Å². The highest BCUT2D eigenvalue weighted by Gasteiger charge is 2.17. The van der Waals surface area contributed by atoms with E-state index < -0.39 is 0 Å². The van der Waals surface area contributed by atoms with Crippen molar-refractivity contribution in [3.8, 4) is 0 Å². The van der Waals surface area contributed by atoms with Crippen LogP contribution in [0.5, 0.6) is 0 Å². The first-order valence-corrected chi connectivity index (χ1v) is 7.34. The van der Waals surface area contributed by atoms with Gasteiger partial charge in [0.15, 0.2) is 0 Å². The van der Waals surface area contributed by atoms with E-state index in [2.05, 4.69) is 59.6 Å². The summed E-state index contributed by atoms with van der Waals surface area (Å²) in [6, 6.07) is 15.9. The quantitative estimate of drug-likeness (QED) is 0.883. The Kier molecular flexibility index (Phi) is 3.69. The monoisotopic (exact) mass is 254 g/mol. The number of hydrogen-bond donors (Lipinski definition) is 1. The molecule has 1 fully saturated rings. The van der Waals surface area contributed by atoms with Crippen molar-refractivity contribution in [2.24, 2.45) is 0 Å². The van der Waals surface area contributed by atoms with E-state index in [1.54, 1.807) is 0 Å². The second kappa shape index (κ2) is 5.62. The van der Waals surface area contributed by atoms with Crippen molar-refractivity contribution in [3.63, 3.8) is 0 Å². The molecule has 100 valence electrons. The van der Waals surface area contributed by atoms with Crippen molar-refractivity contribution in [1.82, 2.24) is 5.32 Å². The minimum absolute atomic E-state index is 0.612. The molecule has 2 aromatic carbocycles. The van der Waals surface area contributed by atoms with Gasteiger partial charge in [0.05, 0.1) is 0 Å². The molecule has 0 aromatic heterocycles. The summed E-state index contributed by atoms with van der Waals surface area (Å²) in [5.41, 5.74) is 1.39. The highest BCUT2D eigenvalue weighted by atomic mass is 15.2. The number of nitrogens with one attached hydrogen (secondary N) is 1. The van der Waals surface area contributed by atoms with Gasteiger partial charge in [-0.05, 0) is 30.8 Å². The SMILES string of the molecule is CCC1CN(c2cccc3ccccc23)CCCN1. The Morgan fingerprint density at radius 1 is 1.16 bits per heavy atom. The molecule has 0 bridgehead atoms. The number of hydrogen-bond acceptors (Lipinski definition) is 2. The van der Waals surface area contributed by atoms with E-state index >= 15 is 0 Å². The van der Waals surface area contributed by atoms with Gasteiger partial charge >= 0.3 is 0 Å². The molecule has 1 heterocycles. The fourth-order valence-electron chi connectivity index (χ4n) is 2.97. The summed E-state index contributed by atoms with van der Waals surface area (Å²) in [4.78, 5) is 2.55. The van der Waals surface area contributed by atoms with Crippen molar-refractivity contribution >= 4 is 16.5 Å². The second-order valence-electron chi connectivity index (χ2n) is 5.36. The minimum atomic E-state index is 0.612. The van der Waals surface area contributed by atoms with Crippen LogP contribution in [0, 0.1) is 0 Å². The normalized spacial score (nSPS) is 20.5. The molecule has 19 heavy (non-hydrogen) atoms. The average molecular weight is 254 g/mol. The van der Waals surface area contributed by atoms with Gasteiger partial charge < -0.3 is 10.2 Å². The van der Waals surface area contributed by atoms with Gasteiger partial charge in [0.1, 0.15) is 0 Å². The molecule has 2 heteroatoms. The smallest absolute Gasteiger partial charge is 0.0446 e. The van der Waals surface area contributed by atoms with Crippen LogP contribution in [-0.4, -0.2) is 25.7 Å². The van der Waals surface area contributed by atoms with Crippen LogP contribution < -0.4 is 10.2 Å². The summed E-state index contributed by atoms with van der Waals surface area (Å²) in [6.45, 7) is 5.67. The molecule has 1 aliphatic rings. The van der Waals surface area contributed by atoms with Gasteiger partial charge in [-0.25, -0.2) is 0 Å². The molecule has 3 rings (SSSR count). The number of nitrogens with zero attached hydrogens (tertiary/aromatic N) is 1. The van der Waals surface area contributed by atoms with Gasteiger partial charge in [0, 0.05) is 30.2 Å². The van der Waals surface area contributed by atoms with E-state index in [4.69, 9.17) is 0 Å². The average Bonchev–Trinajstić information content (AvgIpc) is 2.72. The summed E-state index contributed by atoms with van der Waals surface area (Å²) >= 11 is 0. The zero-order valence-electron chi connectivity index (χ0n) is 11.6. The van der Waals surface area contributed by atoms with Crippen LogP contribution >= 0.6 is 0 Å². The lowest BCUT2D eigenvalue weighted by Crippen LogP contribution is -2.37. The van der Waals surface area contributed by atoms with E-state index in [1.807, 2.05) is 0 Å². The van der Waals surface area contributed by atoms with Crippen LogP contribution in [-0.2, 0) is 0 Å². The zero-order valence-corrected chi connectivity index (χ0v) is 11.6. The van der Waals surface area contributed by atoms with Crippen LogP contribution in [0.1, 0.15) is 19.8 Å². The molecule has 0 amide bonds. The van der Waals surface area contributed by atoms with Crippen LogP contribution in [0.15, 0.2) is 42.5 Å². The Balaban J connectivity index is 1.98. The molecule has 1 aliphatic heterocycles. The molecule has 0 spiro atoms. The maximum absolute atomic E-state index is 3.64. The van der Waals surface area contributed by atoms with E-state index in [9.17, 15) is 0 Å². The van der Waals surface area contributed by atoms with Crippen molar-refractivity contribution in [3.05, 3.63) is 42.5 Å². The fourth-order valence-corrected chi connectivity index (χ4v) is 2.97. The topological polar surface area (TPSA) is 15.3 Å². The lowest BCUT2D eigenvalue weighted by atomic mass is 10.1. The Labute approximate surface area is 115 Å². The molecular weight excluding hydrogens is 232 g/mol. The first-order valence-electron chi connectivity index (χ1n) is 7.34. The van der Waals surface area contributed by atoms with Crippen molar-refractivity contribution in [1.29, 1.82) is 0 Å². The third-order valence-electron chi connectivity index (χ3n) is 4.08. The van der Waals surface area contributed by atoms with Crippen molar-refractivity contribution in [2.45, 2.75) is 25.8 Å². The Hall–Kier alpha value is -1.54. The Bertz CT molecular complexity index is 544. The van der Waals surface area contributed by atoms with E-state index in [0.717, 1.165) is 19.6 Å². The molecule has 0 saturated carbocycles. The largest absolute Gasteiger partial charge is 0.369 e. The molecule has 2 aromatic rings. The van der Waals surface area contributed by atoms with Gasteiger partial charge in [0.25, 0.3) is 0 Å². The molecule has 1 unspecified atom stereocenters. The van der Waals surface area contributed by atoms with E-state index in [0.29, 0.717) is 6.04 Å². The minimum Gasteiger partial charge on any atom is -0.369 e. The number of benzene rings is 2. The fraction of sp³-hybridized carbons (Fsp3) is 0.412. The lowest BCUT2D eigenvalue weighted by Gasteiger charge is -2.27. The Morgan fingerprint density at radius 2 is 2.00 bits per heavy atom. The summed E-state index contributed by atoms with van der Waals surface area (Å²) in [7, 11) is 0. The van der Waals surface area contributed by atoms with E-state index in [1.165, 1.54) is 29.3 Å². The zero-order chi connectivity index (χ0) is 13.1. The maximum atomic E-state index is 3.64. The van der Waals surface area contributed by atoms with Crippen LogP contribution in [0.2, 0.25) is 0 Å². The first-order chi connectivity index (χ1) is 9.38. The van der Waals surface area contributed by atoms with Crippen molar-refractivity contribution < 1.29 is 0 Å². The molecule has 0 aliphatic carbocycles. The van der Waals surface area contributed by atoms with Gasteiger partial charge in [-0.3, -0.25) is 0 Å². The summed E-state index contributed by atoms with van der Waals surface area (Å²) in [5, 5.41) is 6.35. The molecule has 0 radical (unpaired) electrons. The summed E-state index contributed by atoms with van der Waals surface area (Å²) in [6.07, 6.45) is 2.42. The molecule has 1 atom stereocenters. The van der Waals surface area contributed by atoms with Gasteiger partial charge in [-0.15, -0.1) is 0 Å². The van der Waals surface area contributed by atoms with E-state index in [-0.39, 0.29) is 0 Å². The summed E-state index contributed by atoms with van der Waals surface area (Å²) < 4.78 is 0. The third-order valence-corrected chi connectivity index (χ3v) is 4.08. The molecular formula is C17H22N2. The molecule has 1 N–H and O–H groups in total. The third kappa shape index (κ3) is 2.59.